The summed E-state index contributed by atoms with van der Waals surface area (Å²) in [6.07, 6.45) is 0. The van der Waals surface area contributed by atoms with Crippen LogP contribution in [0.25, 0.3) is 11.3 Å². The Morgan fingerprint density at radius 3 is 2.34 bits per heavy atom. The molecule has 0 aliphatic carbocycles. The van der Waals surface area contributed by atoms with E-state index < -0.39 is 6.04 Å². The summed E-state index contributed by atoms with van der Waals surface area (Å²) in [5, 5.41) is 7.45. The molecule has 0 saturated heterocycles. The Balaban J connectivity index is 1.67. The Morgan fingerprint density at radius 1 is 1.00 bits per heavy atom. The summed E-state index contributed by atoms with van der Waals surface area (Å²) in [4.78, 5) is 15.2. The summed E-state index contributed by atoms with van der Waals surface area (Å²) in [5.41, 5.74) is 5.60. The zero-order chi connectivity index (χ0) is 22.2. The zero-order valence-corrected chi connectivity index (χ0v) is 17.8. The number of rotatable bonds is 5. The van der Waals surface area contributed by atoms with E-state index in [9.17, 15) is 9.18 Å². The van der Waals surface area contributed by atoms with Gasteiger partial charge in [-0.3, -0.25) is 14.8 Å². The summed E-state index contributed by atoms with van der Waals surface area (Å²) in [6.45, 7) is 4.54. The second-order valence-electron chi connectivity index (χ2n) is 7.78. The van der Waals surface area contributed by atoms with Crippen LogP contribution in [0, 0.1) is 12.7 Å². The molecule has 1 aliphatic heterocycles. The minimum atomic E-state index is -0.409. The highest BCUT2D eigenvalue weighted by Crippen LogP contribution is 2.45. The first-order valence-corrected chi connectivity index (χ1v) is 10.5. The number of benzene rings is 3. The maximum Gasteiger partial charge on any atom is 0.277 e. The summed E-state index contributed by atoms with van der Waals surface area (Å²) < 4.78 is 19.2. The third-order valence-electron chi connectivity index (χ3n) is 5.70. The lowest BCUT2D eigenvalue weighted by Gasteiger charge is -2.26. The van der Waals surface area contributed by atoms with Crippen LogP contribution >= 0.6 is 0 Å². The maximum absolute atomic E-state index is 13.6. The lowest BCUT2D eigenvalue weighted by atomic mass is 9.95. The number of halogens is 1. The van der Waals surface area contributed by atoms with Crippen LogP contribution in [-0.2, 0) is 0 Å². The number of nitrogens with zero attached hydrogens (tertiary/aromatic N) is 2. The van der Waals surface area contributed by atoms with Crippen LogP contribution in [0.2, 0.25) is 0 Å². The summed E-state index contributed by atoms with van der Waals surface area (Å²) in [5.74, 6) is 0.218. The SMILES string of the molecule is CCOc1ccc([C@H]2c3c(-c4ccc(C)cc4)n[nH]c3C(=O)N2c2ccc(F)cc2)cc1. The molecule has 2 heterocycles. The Labute approximate surface area is 185 Å². The van der Waals surface area contributed by atoms with Gasteiger partial charge in [-0.25, -0.2) is 4.39 Å². The number of nitrogens with one attached hydrogen (secondary N) is 1. The van der Waals surface area contributed by atoms with E-state index in [2.05, 4.69) is 10.2 Å². The Hall–Kier alpha value is -3.93. The molecule has 32 heavy (non-hydrogen) atoms. The van der Waals surface area contributed by atoms with Gasteiger partial charge in [-0.05, 0) is 55.8 Å². The third kappa shape index (κ3) is 3.34. The van der Waals surface area contributed by atoms with Gasteiger partial charge in [0.05, 0.1) is 18.3 Å². The molecular weight excluding hydrogens is 405 g/mol. The van der Waals surface area contributed by atoms with E-state index in [-0.39, 0.29) is 11.7 Å². The molecule has 0 fully saturated rings. The van der Waals surface area contributed by atoms with Crippen LogP contribution in [0.15, 0.2) is 72.8 Å². The minimum absolute atomic E-state index is 0.198. The number of H-pyrrole nitrogens is 1. The largest absolute Gasteiger partial charge is 0.494 e. The molecule has 6 heteroatoms. The smallest absolute Gasteiger partial charge is 0.277 e. The molecule has 0 spiro atoms. The number of anilines is 1. The Bertz CT molecular complexity index is 1260. The van der Waals surface area contributed by atoms with Crippen molar-refractivity contribution in [2.75, 3.05) is 11.5 Å². The van der Waals surface area contributed by atoms with Crippen LogP contribution in [0.1, 0.15) is 40.1 Å². The lowest BCUT2D eigenvalue weighted by Crippen LogP contribution is -2.29. The highest BCUT2D eigenvalue weighted by Gasteiger charge is 2.43. The molecule has 5 rings (SSSR count). The van der Waals surface area contributed by atoms with Crippen molar-refractivity contribution in [1.29, 1.82) is 0 Å². The number of aromatic nitrogens is 2. The first-order chi connectivity index (χ1) is 15.6. The second kappa shape index (κ2) is 7.96. The molecule has 0 unspecified atom stereocenters. The van der Waals surface area contributed by atoms with Gasteiger partial charge in [0.15, 0.2) is 0 Å². The van der Waals surface area contributed by atoms with Gasteiger partial charge in [-0.15, -0.1) is 0 Å². The molecule has 0 saturated carbocycles. The van der Waals surface area contributed by atoms with E-state index in [1.807, 2.05) is 62.4 Å². The highest BCUT2D eigenvalue weighted by atomic mass is 19.1. The number of fused-ring (bicyclic) bond motifs is 1. The molecule has 160 valence electrons. The molecule has 1 N–H and O–H groups in total. The van der Waals surface area contributed by atoms with Gasteiger partial charge in [-0.2, -0.15) is 5.10 Å². The van der Waals surface area contributed by atoms with Gasteiger partial charge in [0.2, 0.25) is 0 Å². The summed E-state index contributed by atoms with van der Waals surface area (Å²) in [7, 11) is 0. The van der Waals surface area contributed by atoms with E-state index in [0.717, 1.165) is 33.7 Å². The normalized spacial score (nSPS) is 15.2. The van der Waals surface area contributed by atoms with Gasteiger partial charge in [0, 0.05) is 16.8 Å². The first kappa shape index (κ1) is 20.0. The fraction of sp³-hybridized carbons (Fsp3) is 0.154. The fourth-order valence-corrected chi connectivity index (χ4v) is 4.17. The average Bonchev–Trinajstić information content (AvgIpc) is 3.35. The monoisotopic (exact) mass is 427 g/mol. The van der Waals surface area contributed by atoms with Crippen LogP contribution in [0.5, 0.6) is 5.75 Å². The van der Waals surface area contributed by atoms with Gasteiger partial charge in [0.1, 0.15) is 17.3 Å². The third-order valence-corrected chi connectivity index (χ3v) is 5.70. The van der Waals surface area contributed by atoms with Gasteiger partial charge >= 0.3 is 0 Å². The number of amides is 1. The number of carbonyl (C=O) groups is 1. The average molecular weight is 427 g/mol. The Kier molecular flexibility index (Phi) is 4.98. The van der Waals surface area contributed by atoms with Crippen molar-refractivity contribution in [3.05, 3.63) is 101 Å². The number of aromatic amines is 1. The van der Waals surface area contributed by atoms with Crippen molar-refractivity contribution in [3.63, 3.8) is 0 Å². The van der Waals surface area contributed by atoms with E-state index in [0.29, 0.717) is 18.0 Å². The molecule has 1 aromatic heterocycles. The van der Waals surface area contributed by atoms with E-state index in [1.54, 1.807) is 17.0 Å². The van der Waals surface area contributed by atoms with Crippen LogP contribution in [0.3, 0.4) is 0 Å². The highest BCUT2D eigenvalue weighted by molar-refractivity contribution is 6.11. The van der Waals surface area contributed by atoms with E-state index >= 15 is 0 Å². The number of hydrogen-bond acceptors (Lipinski definition) is 3. The van der Waals surface area contributed by atoms with Crippen LogP contribution in [0.4, 0.5) is 10.1 Å². The molecule has 1 atom stereocenters. The topological polar surface area (TPSA) is 58.2 Å². The summed E-state index contributed by atoms with van der Waals surface area (Å²) in [6, 6.07) is 21.3. The van der Waals surface area contributed by atoms with Crippen molar-refractivity contribution < 1.29 is 13.9 Å². The number of aryl methyl sites for hydroxylation is 1. The molecule has 3 aromatic carbocycles. The molecule has 0 bridgehead atoms. The quantitative estimate of drug-likeness (QED) is 0.446. The van der Waals surface area contributed by atoms with Crippen molar-refractivity contribution in [2.45, 2.75) is 19.9 Å². The van der Waals surface area contributed by atoms with Gasteiger partial charge < -0.3 is 4.74 Å². The van der Waals surface area contributed by atoms with E-state index in [4.69, 9.17) is 4.74 Å². The van der Waals surface area contributed by atoms with Gasteiger partial charge in [-0.1, -0.05) is 42.0 Å². The van der Waals surface area contributed by atoms with Gasteiger partial charge in [0.25, 0.3) is 5.91 Å². The van der Waals surface area contributed by atoms with Crippen molar-refractivity contribution >= 4 is 11.6 Å². The standard InChI is InChI=1S/C26H22FN3O2/c1-3-32-21-14-8-18(9-15-21)25-22-23(17-6-4-16(2)5-7-17)28-29-24(22)26(31)30(25)20-12-10-19(27)11-13-20/h4-15,25H,3H2,1-2H3,(H,28,29)/t25-/m0/s1. The Morgan fingerprint density at radius 2 is 1.69 bits per heavy atom. The molecule has 0 radical (unpaired) electrons. The molecular formula is C26H22FN3O2. The lowest BCUT2D eigenvalue weighted by molar-refractivity contribution is 0.0988. The van der Waals surface area contributed by atoms with E-state index in [1.165, 1.54) is 12.1 Å². The second-order valence-corrected chi connectivity index (χ2v) is 7.78. The van der Waals surface area contributed by atoms with Crippen LogP contribution in [-0.4, -0.2) is 22.7 Å². The maximum atomic E-state index is 13.6. The molecule has 1 amide bonds. The molecule has 4 aromatic rings. The van der Waals surface area contributed by atoms with Crippen molar-refractivity contribution in [2.24, 2.45) is 0 Å². The summed E-state index contributed by atoms with van der Waals surface area (Å²) >= 11 is 0. The van der Waals surface area contributed by atoms with Crippen LogP contribution < -0.4 is 9.64 Å². The zero-order valence-electron chi connectivity index (χ0n) is 17.8. The van der Waals surface area contributed by atoms with Crippen molar-refractivity contribution in [3.8, 4) is 17.0 Å². The molecule has 1 aliphatic rings. The first-order valence-electron chi connectivity index (χ1n) is 10.5. The predicted octanol–water partition coefficient (Wildman–Crippen LogP) is 5.67. The predicted molar refractivity (Wildman–Crippen MR) is 121 cm³/mol. The molecule has 5 nitrogen and oxygen atoms in total. The van der Waals surface area contributed by atoms with Crippen molar-refractivity contribution in [1.82, 2.24) is 10.2 Å². The number of ether oxygens (including phenoxy) is 1. The number of hydrogen-bond donors (Lipinski definition) is 1. The minimum Gasteiger partial charge on any atom is -0.494 e. The fourth-order valence-electron chi connectivity index (χ4n) is 4.17. The number of carbonyl (C=O) groups excluding carboxylic acids is 1.